The average molecular weight is 811 g/mol. The quantitative estimate of drug-likeness (QED) is 0.141. The number of pyridine rings is 4. The Morgan fingerprint density at radius 1 is 0.717 bits per heavy atom. The van der Waals surface area contributed by atoms with Crippen molar-refractivity contribution in [1.29, 1.82) is 0 Å². The number of anilines is 4. The topological polar surface area (TPSA) is 168 Å². The molecule has 10 rings (SSSR count). The number of carbonyl (C=O) groups is 2. The minimum atomic E-state index is 0.0806. The van der Waals surface area contributed by atoms with E-state index in [9.17, 15) is 9.59 Å². The van der Waals surface area contributed by atoms with Gasteiger partial charge in [-0.05, 0) is 74.9 Å². The summed E-state index contributed by atoms with van der Waals surface area (Å²) >= 11 is 0. The number of ether oxygens (including phenoxy) is 2. The van der Waals surface area contributed by atoms with E-state index in [-0.39, 0.29) is 29.7 Å². The van der Waals surface area contributed by atoms with Crippen molar-refractivity contribution >= 4 is 46.1 Å². The van der Waals surface area contributed by atoms with Gasteiger partial charge in [0.05, 0.1) is 49.4 Å². The van der Waals surface area contributed by atoms with E-state index in [0.717, 1.165) is 103 Å². The lowest BCUT2D eigenvalue weighted by atomic mass is 9.83. The van der Waals surface area contributed by atoms with Gasteiger partial charge in [0, 0.05) is 75.6 Å². The van der Waals surface area contributed by atoms with Crippen LogP contribution in [0, 0.1) is 11.8 Å². The molecule has 60 heavy (non-hydrogen) atoms. The standard InChI is InChI=1S/C44H50N12O4/c1-59-37-17-41-47-22-33(54(41)25-35(37)53-14-6-12-43(53)57)32-9-4-11-40(52-32)50-30-15-27(19-46-21-30)28-16-44(58)56(24-28)36-26-55-34(23-48-42(55)18-38(36)60-2)31-8-3-10-39(51-31)49-29-7-5-13-45-20-29/h3-4,8-11,17-18,22-23,25-30,45-46H,5-7,12-16,19-21,24H2,1-2H3,(H,49,51)(H,50,52)/t27?,28?,29?,30-/m0/s1. The molecule has 0 aromatic carbocycles. The predicted molar refractivity (Wildman–Crippen MR) is 230 cm³/mol. The van der Waals surface area contributed by atoms with Gasteiger partial charge in [-0.1, -0.05) is 12.1 Å². The van der Waals surface area contributed by atoms with Crippen LogP contribution >= 0.6 is 0 Å². The van der Waals surface area contributed by atoms with Crippen LogP contribution in [0.5, 0.6) is 11.5 Å². The smallest absolute Gasteiger partial charge is 0.227 e. The first-order valence-corrected chi connectivity index (χ1v) is 21.0. The predicted octanol–water partition coefficient (Wildman–Crippen LogP) is 4.86. The maximum absolute atomic E-state index is 13.9. The third-order valence-corrected chi connectivity index (χ3v) is 12.5. The first-order chi connectivity index (χ1) is 29.4. The lowest BCUT2D eigenvalue weighted by molar-refractivity contribution is -0.118. The number of aromatic nitrogens is 6. The number of fused-ring (bicyclic) bond motifs is 2. The van der Waals surface area contributed by atoms with Gasteiger partial charge in [0.15, 0.2) is 0 Å². The molecular formula is C44H50N12O4. The lowest BCUT2D eigenvalue weighted by Gasteiger charge is -2.34. The number of hydrogen-bond donors (Lipinski definition) is 4. The summed E-state index contributed by atoms with van der Waals surface area (Å²) in [5, 5.41) is 14.4. The molecule has 3 unspecified atom stereocenters. The molecule has 6 aromatic rings. The fraction of sp³-hybridized carbons (Fsp3) is 0.409. The summed E-state index contributed by atoms with van der Waals surface area (Å²) in [5.74, 6) is 3.42. The highest BCUT2D eigenvalue weighted by Crippen LogP contribution is 2.39. The molecule has 2 amide bonds. The number of imidazole rings is 2. The zero-order chi connectivity index (χ0) is 40.7. The maximum Gasteiger partial charge on any atom is 0.227 e. The molecule has 0 bridgehead atoms. The number of carbonyl (C=O) groups excluding carboxylic acids is 2. The van der Waals surface area contributed by atoms with E-state index in [1.807, 2.05) is 80.8 Å². The zero-order valence-electron chi connectivity index (χ0n) is 33.9. The van der Waals surface area contributed by atoms with Crippen molar-refractivity contribution in [2.45, 2.75) is 50.6 Å². The van der Waals surface area contributed by atoms with Crippen LogP contribution in [-0.2, 0) is 9.59 Å². The average Bonchev–Trinajstić information content (AvgIpc) is 4.09. The zero-order valence-corrected chi connectivity index (χ0v) is 33.9. The van der Waals surface area contributed by atoms with Gasteiger partial charge in [0.2, 0.25) is 11.8 Å². The van der Waals surface area contributed by atoms with E-state index in [4.69, 9.17) is 24.4 Å². The number of piperidine rings is 2. The molecule has 4 aliphatic heterocycles. The van der Waals surface area contributed by atoms with Crippen molar-refractivity contribution < 1.29 is 19.1 Å². The Balaban J connectivity index is 0.846. The van der Waals surface area contributed by atoms with Crippen molar-refractivity contribution in [2.75, 3.05) is 73.9 Å². The first kappa shape index (κ1) is 38.0. The number of rotatable bonds is 11. The summed E-state index contributed by atoms with van der Waals surface area (Å²) in [7, 11) is 3.25. The van der Waals surface area contributed by atoms with Crippen molar-refractivity contribution in [3.8, 4) is 34.3 Å². The molecule has 0 aliphatic carbocycles. The molecule has 0 spiro atoms. The fourth-order valence-electron chi connectivity index (χ4n) is 9.44. The van der Waals surface area contributed by atoms with Crippen LogP contribution < -0.4 is 40.5 Å². The molecule has 4 N–H and O–H groups in total. The highest BCUT2D eigenvalue weighted by Gasteiger charge is 2.39. The van der Waals surface area contributed by atoms with Crippen molar-refractivity contribution in [1.82, 2.24) is 39.4 Å². The molecule has 310 valence electrons. The molecule has 4 saturated heterocycles. The molecule has 6 aromatic heterocycles. The van der Waals surface area contributed by atoms with Gasteiger partial charge in [-0.25, -0.2) is 19.9 Å². The van der Waals surface area contributed by atoms with Gasteiger partial charge < -0.3 is 40.5 Å². The van der Waals surface area contributed by atoms with E-state index in [0.29, 0.717) is 49.1 Å². The lowest BCUT2D eigenvalue weighted by Crippen LogP contribution is -2.46. The van der Waals surface area contributed by atoms with E-state index < -0.39 is 0 Å². The van der Waals surface area contributed by atoms with Crippen LogP contribution in [0.15, 0.2) is 73.3 Å². The fourth-order valence-corrected chi connectivity index (χ4v) is 9.44. The van der Waals surface area contributed by atoms with Crippen molar-refractivity contribution in [3.63, 3.8) is 0 Å². The van der Waals surface area contributed by atoms with Crippen LogP contribution in [-0.4, -0.2) is 106 Å². The molecule has 16 nitrogen and oxygen atoms in total. The summed E-state index contributed by atoms with van der Waals surface area (Å²) < 4.78 is 15.5. The third kappa shape index (κ3) is 7.23. The van der Waals surface area contributed by atoms with E-state index in [1.54, 1.807) is 25.3 Å². The Bertz CT molecular complexity index is 2570. The van der Waals surface area contributed by atoms with Gasteiger partial charge in [0.1, 0.15) is 45.8 Å². The molecule has 4 fully saturated rings. The first-order valence-electron chi connectivity index (χ1n) is 21.0. The molecule has 4 aliphatic rings. The summed E-state index contributed by atoms with van der Waals surface area (Å²) in [4.78, 5) is 49.5. The number of nitrogens with zero attached hydrogens (tertiary/aromatic N) is 8. The van der Waals surface area contributed by atoms with Crippen molar-refractivity contribution in [3.05, 3.63) is 73.3 Å². The molecule has 0 radical (unpaired) electrons. The maximum atomic E-state index is 13.9. The molecule has 10 heterocycles. The number of methoxy groups -OCH3 is 2. The van der Waals surface area contributed by atoms with Crippen LogP contribution in [0.25, 0.3) is 34.1 Å². The van der Waals surface area contributed by atoms with Crippen LogP contribution in [0.2, 0.25) is 0 Å². The van der Waals surface area contributed by atoms with Crippen LogP contribution in [0.3, 0.4) is 0 Å². The van der Waals surface area contributed by atoms with Gasteiger partial charge >= 0.3 is 0 Å². The molecular weight excluding hydrogens is 761 g/mol. The van der Waals surface area contributed by atoms with E-state index >= 15 is 0 Å². The second-order valence-corrected chi connectivity index (χ2v) is 16.3. The minimum Gasteiger partial charge on any atom is -0.494 e. The van der Waals surface area contributed by atoms with Gasteiger partial charge in [-0.15, -0.1) is 0 Å². The number of hydrogen-bond acceptors (Lipinski definition) is 12. The van der Waals surface area contributed by atoms with Crippen LogP contribution in [0.1, 0.15) is 38.5 Å². The second kappa shape index (κ2) is 16.1. The number of amides is 2. The molecule has 4 atom stereocenters. The van der Waals surface area contributed by atoms with Crippen LogP contribution in [0.4, 0.5) is 23.0 Å². The number of nitrogens with one attached hydrogen (secondary N) is 4. The Morgan fingerprint density at radius 3 is 1.95 bits per heavy atom. The van der Waals surface area contributed by atoms with Gasteiger partial charge in [-0.2, -0.15) is 0 Å². The Hall–Kier alpha value is -6.26. The highest BCUT2D eigenvalue weighted by atomic mass is 16.5. The Labute approximate surface area is 347 Å². The van der Waals surface area contributed by atoms with Gasteiger partial charge in [-0.3, -0.25) is 18.4 Å². The third-order valence-electron chi connectivity index (χ3n) is 12.5. The summed E-state index contributed by atoms with van der Waals surface area (Å²) in [5.41, 5.74) is 6.11. The van der Waals surface area contributed by atoms with E-state index in [2.05, 4.69) is 26.3 Å². The van der Waals surface area contributed by atoms with E-state index in [1.165, 1.54) is 0 Å². The summed E-state index contributed by atoms with van der Waals surface area (Å²) in [6.07, 6.45) is 12.5. The Kier molecular flexibility index (Phi) is 10.2. The second-order valence-electron chi connectivity index (χ2n) is 16.3. The minimum absolute atomic E-state index is 0.0806. The molecule has 16 heteroatoms. The Morgan fingerprint density at radius 2 is 1.35 bits per heavy atom. The summed E-state index contributed by atoms with van der Waals surface area (Å²) in [6, 6.07) is 16.2. The van der Waals surface area contributed by atoms with Gasteiger partial charge in [0.25, 0.3) is 0 Å². The molecule has 0 saturated carbocycles. The largest absolute Gasteiger partial charge is 0.494 e. The SMILES string of the molecule is COc1cc2ncc(-c3cccc(N[C@@H]4CNCC(C5CC(=O)N(c6cn7c(-c8cccc(NC9CCCNC9)n8)cnc7cc6OC)C5)C4)n3)n2cc1N1CCCC1=O. The normalized spacial score (nSPS) is 22.2. The highest BCUT2D eigenvalue weighted by molar-refractivity contribution is 5.98. The monoisotopic (exact) mass is 810 g/mol. The summed E-state index contributed by atoms with van der Waals surface area (Å²) in [6.45, 7) is 4.84. The van der Waals surface area contributed by atoms with Crippen molar-refractivity contribution in [2.24, 2.45) is 11.8 Å².